The molecule has 0 spiro atoms. The van der Waals surface area contributed by atoms with Gasteiger partial charge in [-0.25, -0.2) is 0 Å². The van der Waals surface area contributed by atoms with E-state index >= 15 is 0 Å². The van der Waals surface area contributed by atoms with Gasteiger partial charge in [-0.3, -0.25) is 0 Å². The zero-order valence-corrected chi connectivity index (χ0v) is 19.0. The Morgan fingerprint density at radius 1 is 0.839 bits per heavy atom. The molecule has 0 amide bonds. The molecule has 3 nitrogen and oxygen atoms in total. The zero-order valence-electron chi connectivity index (χ0n) is 19.0. The molecular weight excluding hydrogens is 382 g/mol. The van der Waals surface area contributed by atoms with Gasteiger partial charge in [-0.05, 0) is 113 Å². The predicted octanol–water partition coefficient (Wildman–Crippen LogP) is 6.12. The molecule has 0 aromatic heterocycles. The van der Waals surface area contributed by atoms with Gasteiger partial charge in [0, 0.05) is 5.92 Å². The molecule has 5 radical (unpaired) electrons. The van der Waals surface area contributed by atoms with E-state index in [2.05, 4.69) is 75.9 Å². The van der Waals surface area contributed by atoms with E-state index in [0.717, 1.165) is 42.9 Å². The molecule has 0 unspecified atom stereocenters. The fourth-order valence-electron chi connectivity index (χ4n) is 3.86. The van der Waals surface area contributed by atoms with E-state index in [9.17, 15) is 5.11 Å². The molecule has 1 aliphatic carbocycles. The first kappa shape index (κ1) is 23.4. The molecule has 3 heteroatoms. The van der Waals surface area contributed by atoms with Crippen molar-refractivity contribution in [2.75, 3.05) is 27.2 Å². The lowest BCUT2D eigenvalue weighted by atomic mass is 9.84. The Kier molecular flexibility index (Phi) is 9.02. The number of ether oxygens (including phenoxy) is 1. The van der Waals surface area contributed by atoms with Gasteiger partial charge in [0.05, 0.1) is 6.61 Å². The number of hydrogen-bond donors (Lipinski definition) is 1. The van der Waals surface area contributed by atoms with Gasteiger partial charge in [0.2, 0.25) is 0 Å². The Morgan fingerprint density at radius 2 is 1.45 bits per heavy atom. The first-order valence-electron chi connectivity index (χ1n) is 11.2. The number of aromatic hydroxyl groups is 1. The molecule has 0 bridgehead atoms. The van der Waals surface area contributed by atoms with Crippen LogP contribution in [0.1, 0.15) is 43.7 Å². The zero-order chi connectivity index (χ0) is 22.1. The number of allylic oxidation sites excluding steroid dienone is 1. The minimum atomic E-state index is 0.281. The molecule has 3 rings (SSSR count). The van der Waals surface area contributed by atoms with Crippen molar-refractivity contribution in [3.63, 3.8) is 0 Å². The summed E-state index contributed by atoms with van der Waals surface area (Å²) >= 11 is 0. The van der Waals surface area contributed by atoms with Gasteiger partial charge in [-0.1, -0.05) is 36.8 Å². The Hall–Kier alpha value is -2.26. The lowest BCUT2D eigenvalue weighted by molar-refractivity contribution is 0.299. The van der Waals surface area contributed by atoms with E-state index in [1.54, 1.807) is 12.1 Å². The normalized spacial score (nSPS) is 15.4. The number of phenolic OH excluding ortho intramolecular Hbond substituents is 1. The van der Waals surface area contributed by atoms with Crippen molar-refractivity contribution < 1.29 is 9.84 Å². The molecule has 0 aliphatic heterocycles. The van der Waals surface area contributed by atoms with E-state index < -0.39 is 0 Å². The molecule has 2 aromatic rings. The largest absolute Gasteiger partial charge is 0.508 e. The highest BCUT2D eigenvalue weighted by atomic mass is 16.5. The molecule has 0 atom stereocenters. The average Bonchev–Trinajstić information content (AvgIpc) is 3.30. The smallest absolute Gasteiger partial charge is 0.119 e. The van der Waals surface area contributed by atoms with Crippen molar-refractivity contribution in [2.24, 2.45) is 0 Å². The average molecular weight is 417 g/mol. The topological polar surface area (TPSA) is 32.7 Å². The predicted molar refractivity (Wildman–Crippen MR) is 129 cm³/mol. The standard InChI is InChI=1S/C28H34NO2/c1-4-27(22-10-6-7-11-22)28(23-12-16-25(30)17-13-23)24-14-18-26(19-15-24)31-21-9-5-8-20-29(2)3/h6-7,10-19,30H,4-5,8-9,20-21H2,1-3H3/b28-27+. The van der Waals surface area contributed by atoms with Gasteiger partial charge >= 0.3 is 0 Å². The van der Waals surface area contributed by atoms with E-state index in [0.29, 0.717) is 0 Å². The number of hydrogen-bond acceptors (Lipinski definition) is 3. The Balaban J connectivity index is 1.74. The fraction of sp³-hybridized carbons (Fsp3) is 0.321. The number of unbranched alkanes of at least 4 members (excludes halogenated alkanes) is 2. The lowest BCUT2D eigenvalue weighted by Crippen LogP contribution is -2.13. The number of benzene rings is 2. The Labute approximate surface area is 188 Å². The second-order valence-corrected chi connectivity index (χ2v) is 8.16. The van der Waals surface area contributed by atoms with Crippen molar-refractivity contribution in [1.82, 2.24) is 4.90 Å². The van der Waals surface area contributed by atoms with Crippen LogP contribution in [0.25, 0.3) is 5.57 Å². The molecule has 1 saturated carbocycles. The van der Waals surface area contributed by atoms with E-state index in [1.807, 2.05) is 12.1 Å². The highest BCUT2D eigenvalue weighted by Gasteiger charge is 2.24. The second kappa shape index (κ2) is 12.0. The number of rotatable bonds is 11. The molecule has 2 aromatic carbocycles. The molecular formula is C28H34NO2. The molecule has 31 heavy (non-hydrogen) atoms. The monoisotopic (exact) mass is 416 g/mol. The maximum atomic E-state index is 9.75. The maximum Gasteiger partial charge on any atom is 0.119 e. The summed E-state index contributed by atoms with van der Waals surface area (Å²) < 4.78 is 5.97. The first-order chi connectivity index (χ1) is 15.1. The van der Waals surface area contributed by atoms with Gasteiger partial charge in [0.25, 0.3) is 0 Å². The summed E-state index contributed by atoms with van der Waals surface area (Å²) in [5.41, 5.74) is 4.75. The third kappa shape index (κ3) is 6.87. The van der Waals surface area contributed by atoms with Crippen molar-refractivity contribution in [2.45, 2.75) is 32.6 Å². The summed E-state index contributed by atoms with van der Waals surface area (Å²) in [4.78, 5) is 2.22. The van der Waals surface area contributed by atoms with Crippen LogP contribution >= 0.6 is 0 Å². The molecule has 1 N–H and O–H groups in total. The van der Waals surface area contributed by atoms with Crippen LogP contribution in [0.4, 0.5) is 0 Å². The minimum absolute atomic E-state index is 0.281. The summed E-state index contributed by atoms with van der Waals surface area (Å²) in [7, 11) is 4.22. The van der Waals surface area contributed by atoms with Crippen molar-refractivity contribution in [3.8, 4) is 11.5 Å². The number of phenols is 1. The highest BCUT2D eigenvalue weighted by molar-refractivity contribution is 5.85. The molecule has 163 valence electrons. The molecule has 1 fully saturated rings. The van der Waals surface area contributed by atoms with Gasteiger partial charge in [-0.15, -0.1) is 0 Å². The highest BCUT2D eigenvalue weighted by Crippen LogP contribution is 2.40. The fourth-order valence-corrected chi connectivity index (χ4v) is 3.86. The van der Waals surface area contributed by atoms with Crippen molar-refractivity contribution >= 4 is 5.57 Å². The van der Waals surface area contributed by atoms with Crippen molar-refractivity contribution in [1.29, 1.82) is 0 Å². The molecule has 1 aliphatic rings. The van der Waals surface area contributed by atoms with Gasteiger partial charge in [-0.2, -0.15) is 0 Å². The van der Waals surface area contributed by atoms with Crippen LogP contribution in [0, 0.1) is 31.6 Å². The van der Waals surface area contributed by atoms with Crippen LogP contribution in [0.3, 0.4) is 0 Å². The maximum absolute atomic E-state index is 9.75. The van der Waals surface area contributed by atoms with Crippen LogP contribution in [0.5, 0.6) is 11.5 Å². The van der Waals surface area contributed by atoms with Crippen LogP contribution in [0.15, 0.2) is 54.1 Å². The van der Waals surface area contributed by atoms with Gasteiger partial charge in [0.15, 0.2) is 0 Å². The molecule has 0 saturated heterocycles. The Bertz CT molecular complexity index is 815. The SMILES string of the molecule is CC/C([C]1[CH][CH][CH][CH]1)=C(/c1ccc(O)cc1)c1ccc(OCCCCCN(C)C)cc1. The van der Waals surface area contributed by atoms with Crippen LogP contribution < -0.4 is 4.74 Å². The van der Waals surface area contributed by atoms with E-state index in [1.165, 1.54) is 29.9 Å². The van der Waals surface area contributed by atoms with Crippen LogP contribution in [-0.4, -0.2) is 37.3 Å². The summed E-state index contributed by atoms with van der Waals surface area (Å²) in [5, 5.41) is 9.75. The van der Waals surface area contributed by atoms with Crippen molar-refractivity contribution in [3.05, 3.63) is 96.8 Å². The summed E-state index contributed by atoms with van der Waals surface area (Å²) in [6.45, 7) is 4.07. The van der Waals surface area contributed by atoms with Gasteiger partial charge < -0.3 is 14.7 Å². The first-order valence-corrected chi connectivity index (χ1v) is 11.2. The quantitative estimate of drug-likeness (QED) is 0.448. The van der Waals surface area contributed by atoms with E-state index in [4.69, 9.17) is 4.74 Å². The minimum Gasteiger partial charge on any atom is -0.508 e. The second-order valence-electron chi connectivity index (χ2n) is 8.16. The summed E-state index contributed by atoms with van der Waals surface area (Å²) in [6, 6.07) is 15.9. The third-order valence-electron chi connectivity index (χ3n) is 5.48. The Morgan fingerprint density at radius 3 is 2.03 bits per heavy atom. The van der Waals surface area contributed by atoms with E-state index in [-0.39, 0.29) is 5.75 Å². The number of nitrogens with zero attached hydrogens (tertiary/aromatic N) is 1. The van der Waals surface area contributed by atoms with Gasteiger partial charge in [0.1, 0.15) is 11.5 Å². The lowest BCUT2D eigenvalue weighted by Gasteiger charge is -2.20. The summed E-state index contributed by atoms with van der Waals surface area (Å²) in [5.74, 6) is 2.43. The van der Waals surface area contributed by atoms with Crippen LogP contribution in [0.2, 0.25) is 0 Å². The van der Waals surface area contributed by atoms with Crippen LogP contribution in [-0.2, 0) is 0 Å². The molecule has 0 heterocycles. The third-order valence-corrected chi connectivity index (χ3v) is 5.48. The summed E-state index contributed by atoms with van der Waals surface area (Å²) in [6.07, 6.45) is 12.9.